The van der Waals surface area contributed by atoms with Crippen molar-refractivity contribution in [3.8, 4) is 16.8 Å². The van der Waals surface area contributed by atoms with Gasteiger partial charge in [0.1, 0.15) is 0 Å². The van der Waals surface area contributed by atoms with Crippen LogP contribution in [-0.4, -0.2) is 4.57 Å². The van der Waals surface area contributed by atoms with Gasteiger partial charge in [-0.1, -0.05) is 164 Å². The molecule has 11 rings (SSSR count). The Labute approximate surface area is 320 Å². The van der Waals surface area contributed by atoms with Crippen molar-refractivity contribution in [1.29, 1.82) is 0 Å². The third-order valence-corrected chi connectivity index (χ3v) is 11.6. The molecule has 0 unspecified atom stereocenters. The Bertz CT molecular complexity index is 2980. The van der Waals surface area contributed by atoms with Gasteiger partial charge in [-0.15, -0.1) is 0 Å². The fourth-order valence-corrected chi connectivity index (χ4v) is 9.37. The van der Waals surface area contributed by atoms with Crippen molar-refractivity contribution in [3.05, 3.63) is 241 Å². The van der Waals surface area contributed by atoms with Gasteiger partial charge >= 0.3 is 0 Å². The highest BCUT2D eigenvalue weighted by Crippen LogP contribution is 2.58. The van der Waals surface area contributed by atoms with E-state index in [1.165, 1.54) is 66.0 Å². The Hall–Kier alpha value is -7.16. The van der Waals surface area contributed by atoms with Crippen molar-refractivity contribution in [1.82, 2.24) is 4.57 Å². The minimum atomic E-state index is -0.427. The van der Waals surface area contributed by atoms with E-state index in [1.807, 2.05) is 0 Å². The Morgan fingerprint density at radius 2 is 0.927 bits per heavy atom. The number of rotatable bonds is 6. The van der Waals surface area contributed by atoms with Gasteiger partial charge in [0.2, 0.25) is 0 Å². The minimum Gasteiger partial charge on any atom is -0.310 e. The van der Waals surface area contributed by atoms with Crippen LogP contribution >= 0.6 is 0 Å². The van der Waals surface area contributed by atoms with Crippen molar-refractivity contribution < 1.29 is 0 Å². The number of aromatic nitrogens is 1. The van der Waals surface area contributed by atoms with Gasteiger partial charge in [-0.3, -0.25) is 0 Å². The van der Waals surface area contributed by atoms with Gasteiger partial charge in [-0.05, 0) is 98.8 Å². The van der Waals surface area contributed by atoms with Crippen LogP contribution < -0.4 is 4.90 Å². The van der Waals surface area contributed by atoms with Gasteiger partial charge in [-0.25, -0.2) is 0 Å². The quantitative estimate of drug-likeness (QED) is 0.168. The summed E-state index contributed by atoms with van der Waals surface area (Å²) in [6.07, 6.45) is 0. The molecule has 55 heavy (non-hydrogen) atoms. The molecule has 0 radical (unpaired) electrons. The Morgan fingerprint density at radius 1 is 0.364 bits per heavy atom. The number of anilines is 3. The molecule has 1 aromatic heterocycles. The molecular formula is C53H36N2. The highest BCUT2D eigenvalue weighted by Gasteiger charge is 2.46. The highest BCUT2D eigenvalue weighted by atomic mass is 15.1. The smallest absolute Gasteiger partial charge is 0.0713 e. The maximum atomic E-state index is 2.39. The van der Waals surface area contributed by atoms with Crippen LogP contribution in [0.4, 0.5) is 17.1 Å². The molecule has 1 aliphatic rings. The van der Waals surface area contributed by atoms with Crippen LogP contribution in [0, 0.1) is 0 Å². The van der Waals surface area contributed by atoms with Crippen LogP contribution in [0.5, 0.6) is 0 Å². The first kappa shape index (κ1) is 31.4. The predicted octanol–water partition coefficient (Wildman–Crippen LogP) is 13.8. The first-order chi connectivity index (χ1) is 27.3. The molecule has 0 amide bonds. The van der Waals surface area contributed by atoms with E-state index < -0.39 is 5.41 Å². The summed E-state index contributed by atoms with van der Waals surface area (Å²) in [6, 6.07) is 79.9. The molecule has 1 aliphatic carbocycles. The average molecular weight is 701 g/mol. The van der Waals surface area contributed by atoms with Crippen LogP contribution in [0.15, 0.2) is 218 Å². The summed E-state index contributed by atoms with van der Waals surface area (Å²) in [6.45, 7) is 0. The van der Waals surface area contributed by atoms with Crippen molar-refractivity contribution >= 4 is 49.6 Å². The van der Waals surface area contributed by atoms with E-state index in [2.05, 4.69) is 228 Å². The highest BCUT2D eigenvalue weighted by molar-refractivity contribution is 6.11. The number of nitrogens with zero attached hydrogens (tertiary/aromatic N) is 2. The Morgan fingerprint density at radius 3 is 1.65 bits per heavy atom. The van der Waals surface area contributed by atoms with Gasteiger partial charge in [0.05, 0.1) is 16.4 Å². The fraction of sp³-hybridized carbons (Fsp3) is 0.0189. The molecule has 0 spiro atoms. The number of hydrogen-bond donors (Lipinski definition) is 0. The monoisotopic (exact) mass is 700 g/mol. The zero-order chi connectivity index (χ0) is 36.3. The number of hydrogen-bond acceptors (Lipinski definition) is 1. The van der Waals surface area contributed by atoms with Gasteiger partial charge in [0.15, 0.2) is 0 Å². The topological polar surface area (TPSA) is 8.17 Å². The summed E-state index contributed by atoms with van der Waals surface area (Å²) in [5, 5.41) is 4.96. The molecule has 0 saturated carbocycles. The van der Waals surface area contributed by atoms with E-state index in [0.717, 1.165) is 22.7 Å². The van der Waals surface area contributed by atoms with E-state index in [1.54, 1.807) is 0 Å². The standard InChI is InChI=1S/C53H36N2/c1-5-17-38(18-6-1)53(39-19-7-2-8-20-39)48-27-15-13-26-47(48)52-44-32-30-42(35-37(44)29-34-49(52)53)54(40-21-9-3-10-22-40)43-31-33-46-45-25-14-16-28-50(45)55(51(46)36-43)41-23-11-4-12-24-41/h1-36H. The maximum absolute atomic E-state index is 2.39. The number of para-hydroxylation sites is 3. The van der Waals surface area contributed by atoms with E-state index in [-0.39, 0.29) is 0 Å². The van der Waals surface area contributed by atoms with Gasteiger partial charge < -0.3 is 9.47 Å². The van der Waals surface area contributed by atoms with Crippen molar-refractivity contribution in [2.45, 2.75) is 5.41 Å². The van der Waals surface area contributed by atoms with E-state index >= 15 is 0 Å². The first-order valence-electron chi connectivity index (χ1n) is 19.0. The molecule has 2 nitrogen and oxygen atoms in total. The SMILES string of the molecule is c1ccc(N(c2ccc3c4c(ccc3c2)C(c2ccccc2)(c2ccccc2)c2ccccc2-4)c2ccc3c4ccccc4n(-c4ccccc4)c3c2)cc1. The summed E-state index contributed by atoms with van der Waals surface area (Å²) in [4.78, 5) is 2.39. The second kappa shape index (κ2) is 12.5. The second-order valence-electron chi connectivity index (χ2n) is 14.5. The van der Waals surface area contributed by atoms with Crippen molar-refractivity contribution in [2.24, 2.45) is 0 Å². The van der Waals surface area contributed by atoms with Crippen molar-refractivity contribution in [3.63, 3.8) is 0 Å². The normalized spacial score (nSPS) is 12.9. The third kappa shape index (κ3) is 4.68. The van der Waals surface area contributed by atoms with Crippen LogP contribution in [-0.2, 0) is 5.41 Å². The lowest BCUT2D eigenvalue weighted by atomic mass is 9.67. The molecule has 0 fully saturated rings. The summed E-state index contributed by atoms with van der Waals surface area (Å²) in [7, 11) is 0. The minimum absolute atomic E-state index is 0.427. The van der Waals surface area contributed by atoms with E-state index in [9.17, 15) is 0 Å². The molecule has 0 atom stereocenters. The number of fused-ring (bicyclic) bond motifs is 8. The van der Waals surface area contributed by atoms with Gasteiger partial charge in [0, 0.05) is 33.5 Å². The Kier molecular flexibility index (Phi) is 7.11. The lowest BCUT2D eigenvalue weighted by Gasteiger charge is -2.34. The molecule has 0 saturated heterocycles. The first-order valence-corrected chi connectivity index (χ1v) is 19.0. The van der Waals surface area contributed by atoms with E-state index in [4.69, 9.17) is 0 Å². The summed E-state index contributed by atoms with van der Waals surface area (Å²) < 4.78 is 2.39. The third-order valence-electron chi connectivity index (χ3n) is 11.6. The van der Waals surface area contributed by atoms with Crippen LogP contribution in [0.2, 0.25) is 0 Å². The number of benzene rings is 9. The van der Waals surface area contributed by atoms with Crippen LogP contribution in [0.3, 0.4) is 0 Å². The lowest BCUT2D eigenvalue weighted by Crippen LogP contribution is -2.28. The summed E-state index contributed by atoms with van der Waals surface area (Å²) >= 11 is 0. The largest absolute Gasteiger partial charge is 0.310 e. The average Bonchev–Trinajstić information content (AvgIpc) is 3.76. The Balaban J connectivity index is 1.13. The molecule has 2 heteroatoms. The van der Waals surface area contributed by atoms with Crippen molar-refractivity contribution in [2.75, 3.05) is 4.90 Å². The molecule has 258 valence electrons. The fourth-order valence-electron chi connectivity index (χ4n) is 9.37. The second-order valence-corrected chi connectivity index (χ2v) is 14.5. The van der Waals surface area contributed by atoms with E-state index in [0.29, 0.717) is 0 Å². The molecule has 10 aromatic rings. The molecule has 1 heterocycles. The molecule has 0 N–H and O–H groups in total. The predicted molar refractivity (Wildman–Crippen MR) is 230 cm³/mol. The summed E-state index contributed by atoms with van der Waals surface area (Å²) in [5.41, 5.74) is 14.3. The molecule has 9 aromatic carbocycles. The van der Waals surface area contributed by atoms with Crippen LogP contribution in [0.25, 0.3) is 49.4 Å². The zero-order valence-corrected chi connectivity index (χ0v) is 30.2. The lowest BCUT2D eigenvalue weighted by molar-refractivity contribution is 0.769. The summed E-state index contributed by atoms with van der Waals surface area (Å²) in [5.74, 6) is 0. The van der Waals surface area contributed by atoms with Gasteiger partial charge in [-0.2, -0.15) is 0 Å². The molecule has 0 bridgehead atoms. The van der Waals surface area contributed by atoms with Crippen LogP contribution in [0.1, 0.15) is 22.3 Å². The van der Waals surface area contributed by atoms with Gasteiger partial charge in [0.25, 0.3) is 0 Å². The maximum Gasteiger partial charge on any atom is 0.0713 e. The molecular weight excluding hydrogens is 665 g/mol. The zero-order valence-electron chi connectivity index (χ0n) is 30.2. The molecule has 0 aliphatic heterocycles.